The van der Waals surface area contributed by atoms with E-state index in [-0.39, 0.29) is 6.10 Å². The molecule has 0 saturated carbocycles. The van der Waals surface area contributed by atoms with Gasteiger partial charge in [-0.1, -0.05) is 13.8 Å². The number of hydrogen-bond acceptors (Lipinski definition) is 13. The number of aliphatic hydroxyl groups excluding tert-OH is 1. The fourth-order valence-electron chi connectivity index (χ4n) is 15.2. The lowest BCUT2D eigenvalue weighted by Gasteiger charge is -2.45. The van der Waals surface area contributed by atoms with Gasteiger partial charge in [-0.3, -0.25) is 49.0 Å². The Balaban J connectivity index is 0.000000158. The number of likely N-dealkylation sites (tertiary alicyclic amines) is 8. The number of aliphatic hydroxyl groups is 1. The van der Waals surface area contributed by atoms with Crippen LogP contribution in [0.4, 0.5) is 0 Å². The van der Waals surface area contributed by atoms with Crippen LogP contribution in [0.25, 0.3) is 0 Å². The molecule has 0 aliphatic carbocycles. The van der Waals surface area contributed by atoms with Gasteiger partial charge in [0.25, 0.3) is 0 Å². The van der Waals surface area contributed by atoms with Crippen molar-refractivity contribution in [3.8, 4) is 0 Å². The van der Waals surface area contributed by atoms with Crippen molar-refractivity contribution in [3.63, 3.8) is 0 Å². The van der Waals surface area contributed by atoms with E-state index in [0.717, 1.165) is 112 Å². The average Bonchev–Trinajstić information content (AvgIpc) is 4.00. The topological polar surface area (TPSA) is 65.1 Å². The monoisotopic (exact) mass is 1100 g/mol. The van der Waals surface area contributed by atoms with Gasteiger partial charge in [-0.15, -0.1) is 0 Å². The summed E-state index contributed by atoms with van der Waals surface area (Å²) in [5.74, 6) is 1.79. The van der Waals surface area contributed by atoms with E-state index in [1.54, 1.807) is 0 Å². The molecule has 7 unspecified atom stereocenters. The second kappa shape index (κ2) is 35.1. The Hall–Kier alpha value is -0.520. The molecule has 0 bridgehead atoms. The Morgan fingerprint density at radius 3 is 0.949 bits per heavy atom. The van der Waals surface area contributed by atoms with Crippen molar-refractivity contribution < 1.29 is 9.84 Å². The van der Waals surface area contributed by atoms with Crippen molar-refractivity contribution in [2.24, 2.45) is 11.8 Å². The first-order valence-corrected chi connectivity index (χ1v) is 33.8. The zero-order chi connectivity index (χ0) is 56.1. The van der Waals surface area contributed by atoms with Crippen LogP contribution in [-0.2, 0) is 4.74 Å². The number of likely N-dealkylation sites (N-methyl/N-ethyl adjacent to an activating group) is 1. The molecule has 10 fully saturated rings. The lowest BCUT2D eigenvalue weighted by molar-refractivity contribution is -0.00644. The van der Waals surface area contributed by atoms with Crippen LogP contribution in [-0.4, -0.2) is 290 Å². The highest BCUT2D eigenvalue weighted by Gasteiger charge is 2.34. The number of nitrogens with zero attached hydrogens (tertiary/aromatic N) is 11. The standard InChI is InChI=1S/C15H30N2.C13H27N3.C13H26N2O.C12H24N2O.C12H24N2/c1-12(2)16-7-5-6-15(11-16)17-9-13(3)8-14(4)10-17;1-12(2)16-6-4-5-13(11-16)15-9-7-14(3)8-10-15;1-11(2)15-7-3-4-12(10-15)14-8-5-13(16)6-9-14;1-11(2)14-5-3-4-12(10-14)13-6-8-15-9-7-13;1-11(2)14-9-5-6-12(10-14)13-7-3-4-8-13/h12-15H,5-11H2,1-4H3;12-13H,4-11H2,1-3H3;11-13,16H,3-10H2,1-2H3;11-12H,3-10H2,1-2H3;11-12H,3-10H2,1-2H3. The quantitative estimate of drug-likeness (QED) is 0.228. The fraction of sp³-hybridized carbons (Fsp3) is 1.00. The van der Waals surface area contributed by atoms with Crippen LogP contribution in [0.2, 0.25) is 0 Å². The minimum atomic E-state index is -0.0407. The van der Waals surface area contributed by atoms with E-state index in [4.69, 9.17) is 4.74 Å². The summed E-state index contributed by atoms with van der Waals surface area (Å²) >= 11 is 0. The molecule has 0 aromatic rings. The summed E-state index contributed by atoms with van der Waals surface area (Å²) in [5, 5.41) is 9.53. The lowest BCUT2D eigenvalue weighted by Crippen LogP contribution is -2.55. The third-order valence-electron chi connectivity index (χ3n) is 20.5. The fourth-order valence-corrected chi connectivity index (χ4v) is 15.2. The van der Waals surface area contributed by atoms with Gasteiger partial charge in [-0.25, -0.2) is 0 Å². The van der Waals surface area contributed by atoms with Gasteiger partial charge < -0.3 is 14.7 Å². The van der Waals surface area contributed by atoms with E-state index in [0.29, 0.717) is 12.1 Å². The summed E-state index contributed by atoms with van der Waals surface area (Å²) in [4.78, 5) is 29.1. The maximum Gasteiger partial charge on any atom is 0.0594 e. The first kappa shape index (κ1) is 66.6. The number of piperidine rings is 7. The second-order valence-electron chi connectivity index (χ2n) is 28.3. The molecule has 0 spiro atoms. The van der Waals surface area contributed by atoms with Crippen LogP contribution in [0.15, 0.2) is 0 Å². The Bertz CT molecular complexity index is 1490. The number of morpholine rings is 1. The molecule has 458 valence electrons. The summed E-state index contributed by atoms with van der Waals surface area (Å²) in [6, 6.07) is 7.60. The molecule has 7 atom stereocenters. The van der Waals surface area contributed by atoms with Crippen LogP contribution >= 0.6 is 0 Å². The van der Waals surface area contributed by atoms with Gasteiger partial charge in [0.2, 0.25) is 0 Å². The van der Waals surface area contributed by atoms with Crippen molar-refractivity contribution in [1.82, 2.24) is 53.9 Å². The van der Waals surface area contributed by atoms with Crippen LogP contribution in [0, 0.1) is 11.8 Å². The zero-order valence-corrected chi connectivity index (χ0v) is 53.9. The van der Waals surface area contributed by atoms with E-state index < -0.39 is 0 Å². The van der Waals surface area contributed by atoms with Gasteiger partial charge in [0, 0.05) is 159 Å². The maximum atomic E-state index is 9.53. The zero-order valence-electron chi connectivity index (χ0n) is 53.9. The maximum absolute atomic E-state index is 9.53. The normalized spacial score (nSPS) is 32.6. The summed E-state index contributed by atoms with van der Waals surface area (Å²) in [5.41, 5.74) is 0. The molecule has 0 radical (unpaired) electrons. The van der Waals surface area contributed by atoms with E-state index >= 15 is 0 Å². The van der Waals surface area contributed by atoms with Crippen LogP contribution < -0.4 is 0 Å². The highest BCUT2D eigenvalue weighted by atomic mass is 16.5. The van der Waals surface area contributed by atoms with Crippen LogP contribution in [0.5, 0.6) is 0 Å². The number of ether oxygens (including phenoxy) is 1. The van der Waals surface area contributed by atoms with Gasteiger partial charge in [-0.05, 0) is 230 Å². The van der Waals surface area contributed by atoms with Crippen molar-refractivity contribution >= 4 is 0 Å². The minimum absolute atomic E-state index is 0.0407. The molecule has 0 aromatic carbocycles. The molecule has 10 aliphatic heterocycles. The van der Waals surface area contributed by atoms with E-state index in [1.807, 2.05) is 0 Å². The molecule has 10 rings (SSSR count). The lowest BCUT2D eigenvalue weighted by atomic mass is 9.89. The first-order valence-electron chi connectivity index (χ1n) is 33.8. The molecule has 10 saturated heterocycles. The first-order chi connectivity index (χ1) is 37.4. The number of piperazine rings is 1. The summed E-state index contributed by atoms with van der Waals surface area (Å²) in [6.45, 7) is 57.7. The molecular weight excluding hydrogens is 967 g/mol. The van der Waals surface area contributed by atoms with Gasteiger partial charge in [0.05, 0.1) is 19.3 Å². The molecule has 0 amide bonds. The van der Waals surface area contributed by atoms with E-state index in [9.17, 15) is 5.11 Å². The van der Waals surface area contributed by atoms with Gasteiger partial charge in [0.1, 0.15) is 0 Å². The predicted octanol–water partition coefficient (Wildman–Crippen LogP) is 8.41. The van der Waals surface area contributed by atoms with Crippen LogP contribution in [0.1, 0.15) is 179 Å². The van der Waals surface area contributed by atoms with Gasteiger partial charge >= 0.3 is 0 Å². The average molecular weight is 1100 g/mol. The Kier molecular flexibility index (Phi) is 29.9. The van der Waals surface area contributed by atoms with Gasteiger partial charge in [0.15, 0.2) is 0 Å². The molecular formula is C65H131N11O2. The highest BCUT2D eigenvalue weighted by molar-refractivity contribution is 4.90. The summed E-state index contributed by atoms with van der Waals surface area (Å²) < 4.78 is 5.41. The van der Waals surface area contributed by atoms with Gasteiger partial charge in [-0.2, -0.15) is 0 Å². The molecule has 13 nitrogen and oxygen atoms in total. The van der Waals surface area contributed by atoms with Crippen LogP contribution in [0.3, 0.4) is 0 Å². The number of rotatable bonds is 10. The summed E-state index contributed by atoms with van der Waals surface area (Å²) in [6.07, 6.45) is 20.0. The smallest absolute Gasteiger partial charge is 0.0594 e. The molecule has 10 aliphatic rings. The summed E-state index contributed by atoms with van der Waals surface area (Å²) in [7, 11) is 2.23. The second-order valence-corrected chi connectivity index (χ2v) is 28.3. The van der Waals surface area contributed by atoms with E-state index in [1.165, 1.54) is 201 Å². The highest BCUT2D eigenvalue weighted by Crippen LogP contribution is 2.28. The third kappa shape index (κ3) is 22.5. The SMILES string of the molecule is CC(C)N1CCCC(N2CCC(O)CC2)C1.CC(C)N1CCCC(N2CCCC2)C1.CC(C)N1CCCC(N2CCN(C)CC2)C1.CC(C)N1CCCC(N2CCOCC2)C1.CC1CC(C)CN(C2CCCN(C(C)C)C2)C1. The largest absolute Gasteiger partial charge is 0.393 e. The van der Waals surface area contributed by atoms with Crippen molar-refractivity contribution in [1.29, 1.82) is 0 Å². The molecule has 78 heavy (non-hydrogen) atoms. The predicted molar refractivity (Wildman–Crippen MR) is 332 cm³/mol. The molecule has 10 heterocycles. The van der Waals surface area contributed by atoms with Crippen molar-refractivity contribution in [2.45, 2.75) is 246 Å². The third-order valence-corrected chi connectivity index (χ3v) is 20.5. The van der Waals surface area contributed by atoms with Crippen molar-refractivity contribution in [3.05, 3.63) is 0 Å². The Morgan fingerprint density at radius 2 is 0.615 bits per heavy atom. The minimum Gasteiger partial charge on any atom is -0.393 e. The van der Waals surface area contributed by atoms with Crippen molar-refractivity contribution in [2.75, 3.05) is 164 Å². The molecule has 1 N–H and O–H groups in total. The molecule has 0 aromatic heterocycles. The number of hydrogen-bond donors (Lipinski definition) is 1. The van der Waals surface area contributed by atoms with E-state index in [2.05, 4.69) is 144 Å². The molecule has 13 heteroatoms. The Labute approximate surface area is 483 Å². The Morgan fingerprint density at radius 1 is 0.321 bits per heavy atom.